The van der Waals surface area contributed by atoms with E-state index in [1.807, 2.05) is 17.2 Å². The number of halogens is 2. The Morgan fingerprint density at radius 2 is 1.93 bits per heavy atom. The number of nitrogens with one attached hydrogen (secondary N) is 1. The Morgan fingerprint density at radius 3 is 2.64 bits per heavy atom. The predicted molar refractivity (Wildman–Crippen MR) is 177 cm³/mol. The van der Waals surface area contributed by atoms with Gasteiger partial charge in [0.2, 0.25) is 5.91 Å². The van der Waals surface area contributed by atoms with Gasteiger partial charge in [-0.2, -0.15) is 10.2 Å². The van der Waals surface area contributed by atoms with Gasteiger partial charge in [-0.05, 0) is 58.6 Å². The number of carbonyl (C=O) groups excluding carboxylic acids is 1. The highest BCUT2D eigenvalue weighted by Gasteiger charge is 2.54. The van der Waals surface area contributed by atoms with Crippen molar-refractivity contribution in [2.75, 3.05) is 64.0 Å². The number of rotatable bonds is 8. The molecule has 4 aliphatic rings. The number of piperidine rings is 1. The van der Waals surface area contributed by atoms with Gasteiger partial charge in [0.15, 0.2) is 5.82 Å². The molecule has 4 fully saturated rings. The van der Waals surface area contributed by atoms with Crippen LogP contribution in [0.5, 0.6) is 0 Å². The molecule has 3 aliphatic heterocycles. The molecular weight excluding hydrogens is 613 g/mol. The quantitative estimate of drug-likeness (QED) is 0.321. The van der Waals surface area contributed by atoms with E-state index in [4.69, 9.17) is 37.8 Å². The second-order valence-electron chi connectivity index (χ2n) is 14.0. The van der Waals surface area contributed by atoms with Gasteiger partial charge in [-0.3, -0.25) is 19.5 Å². The highest BCUT2D eigenvalue weighted by Crippen LogP contribution is 2.56. The Morgan fingerprint density at radius 1 is 1.18 bits per heavy atom. The molecule has 0 radical (unpaired) electrons. The van der Waals surface area contributed by atoms with E-state index in [0.717, 1.165) is 118 Å². The summed E-state index contributed by atoms with van der Waals surface area (Å²) < 4.78 is 14.1. The number of amides is 1. The zero-order chi connectivity index (χ0) is 31.5. The minimum atomic E-state index is -0.205. The maximum atomic E-state index is 12.1. The summed E-state index contributed by atoms with van der Waals surface area (Å²) in [4.78, 5) is 18.8. The van der Waals surface area contributed by atoms with Crippen LogP contribution in [0.4, 0.5) is 5.82 Å². The van der Waals surface area contributed by atoms with Gasteiger partial charge >= 0.3 is 0 Å². The first kappa shape index (κ1) is 31.0. The van der Waals surface area contributed by atoms with Crippen molar-refractivity contribution < 1.29 is 14.3 Å². The molecule has 1 N–H and O–H groups in total. The van der Waals surface area contributed by atoms with Crippen LogP contribution in [0.3, 0.4) is 0 Å². The molecule has 7 rings (SSSR count). The van der Waals surface area contributed by atoms with Gasteiger partial charge in [0.1, 0.15) is 0 Å². The molecule has 1 aliphatic carbocycles. The number of benzene rings is 1. The maximum Gasteiger partial charge on any atom is 0.245 e. The van der Waals surface area contributed by atoms with Crippen molar-refractivity contribution in [2.45, 2.75) is 64.1 Å². The molecule has 10 nitrogen and oxygen atoms in total. The zero-order valence-corrected chi connectivity index (χ0v) is 28.0. The van der Waals surface area contributed by atoms with Crippen LogP contribution in [0, 0.1) is 12.3 Å². The molecule has 2 aromatic heterocycles. The Bertz CT molecular complexity index is 1600. The van der Waals surface area contributed by atoms with Gasteiger partial charge in [0, 0.05) is 72.4 Å². The van der Waals surface area contributed by atoms with Crippen molar-refractivity contribution in [3.05, 3.63) is 40.7 Å². The van der Waals surface area contributed by atoms with Gasteiger partial charge in [-0.1, -0.05) is 29.8 Å². The fraction of sp³-hybridized carbons (Fsp3) is 0.606. The number of morpholine rings is 1. The van der Waals surface area contributed by atoms with Crippen LogP contribution < -0.4 is 4.90 Å². The first-order valence-electron chi connectivity index (χ1n) is 16.1. The number of ether oxygens (including phenoxy) is 2. The lowest BCUT2D eigenvalue weighted by Gasteiger charge is -2.58. The predicted octanol–water partition coefficient (Wildman–Crippen LogP) is 5.49. The Labute approximate surface area is 274 Å². The summed E-state index contributed by atoms with van der Waals surface area (Å²) in [6.07, 6.45) is 7.21. The van der Waals surface area contributed by atoms with E-state index in [1.165, 1.54) is 6.08 Å². The number of H-pyrrole nitrogens is 1. The Balaban J connectivity index is 1.17. The summed E-state index contributed by atoms with van der Waals surface area (Å²) in [7, 11) is 0. The van der Waals surface area contributed by atoms with Crippen molar-refractivity contribution in [3.63, 3.8) is 0 Å². The topological polar surface area (TPSA) is 91.8 Å². The van der Waals surface area contributed by atoms with Crippen molar-refractivity contribution >= 4 is 45.8 Å². The van der Waals surface area contributed by atoms with Gasteiger partial charge in [0.05, 0.1) is 53.7 Å². The Hall–Kier alpha value is -2.63. The third-order valence-electron chi connectivity index (χ3n) is 10.5. The van der Waals surface area contributed by atoms with Gasteiger partial charge in [-0.15, -0.1) is 0 Å². The van der Waals surface area contributed by atoms with E-state index in [-0.39, 0.29) is 29.0 Å². The molecule has 242 valence electrons. The third-order valence-corrected chi connectivity index (χ3v) is 11.3. The number of carbonyl (C=O) groups is 1. The summed E-state index contributed by atoms with van der Waals surface area (Å²) in [6.45, 7) is 18.0. The standard InChI is InChI=1S/C33H43Cl2N7O3/c1-5-27(43)40-19-33(20-40)15-22(16-33)42-21(2)28(29-24-18-36-37-26(24)14-25(34)30(29)35)31(38-42)41-7-6-23(17-32(41,3)4)45-13-10-39-8-11-44-12-9-39/h5,14,18,22-23H,1,6-13,15-17,19-20H2,2-4H3,(H,36,37)/t23-/m1/s1. The van der Waals surface area contributed by atoms with E-state index in [1.54, 1.807) is 0 Å². The number of anilines is 1. The normalized spacial score (nSPS) is 23.4. The summed E-state index contributed by atoms with van der Waals surface area (Å²) in [6, 6.07) is 2.09. The highest BCUT2D eigenvalue weighted by molar-refractivity contribution is 6.45. The smallest absolute Gasteiger partial charge is 0.245 e. The molecular formula is C33H43Cl2N7O3. The molecule has 3 saturated heterocycles. The van der Waals surface area contributed by atoms with Crippen LogP contribution >= 0.6 is 23.2 Å². The van der Waals surface area contributed by atoms with E-state index >= 15 is 0 Å². The van der Waals surface area contributed by atoms with Crippen LogP contribution in [-0.4, -0.2) is 106 Å². The van der Waals surface area contributed by atoms with E-state index < -0.39 is 0 Å². The molecule has 1 saturated carbocycles. The first-order chi connectivity index (χ1) is 21.6. The Kier molecular flexibility index (Phi) is 8.17. The van der Waals surface area contributed by atoms with Crippen molar-refractivity contribution in [2.24, 2.45) is 5.41 Å². The van der Waals surface area contributed by atoms with E-state index in [0.29, 0.717) is 10.0 Å². The van der Waals surface area contributed by atoms with Gasteiger partial charge in [0.25, 0.3) is 0 Å². The van der Waals surface area contributed by atoms with Gasteiger partial charge in [-0.25, -0.2) is 0 Å². The average molecular weight is 657 g/mol. The second kappa shape index (κ2) is 11.9. The summed E-state index contributed by atoms with van der Waals surface area (Å²) in [5.74, 6) is 0.938. The summed E-state index contributed by atoms with van der Waals surface area (Å²) in [5, 5.41) is 14.7. The number of hydrogen-bond acceptors (Lipinski definition) is 7. The minimum Gasteiger partial charge on any atom is -0.379 e. The minimum absolute atomic E-state index is 0.0133. The third kappa shape index (κ3) is 5.56. The molecule has 0 unspecified atom stereocenters. The largest absolute Gasteiger partial charge is 0.379 e. The van der Waals surface area contributed by atoms with E-state index in [2.05, 4.69) is 52.0 Å². The number of aromatic amines is 1. The fourth-order valence-corrected chi connectivity index (χ4v) is 8.55. The lowest BCUT2D eigenvalue weighted by Crippen LogP contribution is -2.63. The van der Waals surface area contributed by atoms with Crippen LogP contribution in [-0.2, 0) is 14.3 Å². The maximum absolute atomic E-state index is 12.1. The second-order valence-corrected chi connectivity index (χ2v) is 14.8. The number of nitrogens with zero attached hydrogens (tertiary/aromatic N) is 6. The summed E-state index contributed by atoms with van der Waals surface area (Å²) >= 11 is 13.7. The van der Waals surface area contributed by atoms with Gasteiger partial charge < -0.3 is 19.3 Å². The van der Waals surface area contributed by atoms with Crippen LogP contribution in [0.25, 0.3) is 22.0 Å². The molecule has 1 atom stereocenters. The fourth-order valence-electron chi connectivity index (χ4n) is 8.09. The summed E-state index contributed by atoms with van der Waals surface area (Å²) in [5.41, 5.74) is 3.74. The lowest BCUT2D eigenvalue weighted by molar-refractivity contribution is -0.149. The van der Waals surface area contributed by atoms with Crippen molar-refractivity contribution in [1.82, 2.24) is 29.8 Å². The van der Waals surface area contributed by atoms with Crippen LogP contribution in [0.2, 0.25) is 10.0 Å². The van der Waals surface area contributed by atoms with E-state index in [9.17, 15) is 4.79 Å². The molecule has 0 bridgehead atoms. The van der Waals surface area contributed by atoms with Crippen LogP contribution in [0.15, 0.2) is 24.9 Å². The molecule has 3 aromatic rings. The zero-order valence-electron chi connectivity index (χ0n) is 26.5. The monoisotopic (exact) mass is 655 g/mol. The SMILES string of the molecule is C=CC(=O)N1CC2(CC(n3nc(N4CC[C@@H](OCCN5CCOCC5)CC4(C)C)c(-c4c(Cl)c(Cl)cc5[nH]ncc45)c3C)C2)C1. The van der Waals surface area contributed by atoms with Crippen molar-refractivity contribution in [1.29, 1.82) is 0 Å². The number of likely N-dealkylation sites (tertiary alicyclic amines) is 1. The number of fused-ring (bicyclic) bond motifs is 1. The molecule has 12 heteroatoms. The molecule has 1 amide bonds. The number of aromatic nitrogens is 4. The average Bonchev–Trinajstić information content (AvgIpc) is 3.56. The lowest BCUT2D eigenvalue weighted by atomic mass is 9.60. The van der Waals surface area contributed by atoms with Crippen LogP contribution in [0.1, 0.15) is 51.3 Å². The molecule has 5 heterocycles. The molecule has 1 spiro atoms. The van der Waals surface area contributed by atoms with Crippen molar-refractivity contribution in [3.8, 4) is 11.1 Å². The first-order valence-corrected chi connectivity index (χ1v) is 16.9. The number of hydrogen-bond donors (Lipinski definition) is 1. The highest BCUT2D eigenvalue weighted by atomic mass is 35.5. The molecule has 45 heavy (non-hydrogen) atoms. The molecule has 1 aromatic carbocycles.